The van der Waals surface area contributed by atoms with Crippen molar-refractivity contribution < 1.29 is 18.0 Å². The monoisotopic (exact) mass is 410 g/mol. The molecule has 0 fully saturated rings. The fourth-order valence-corrected chi connectivity index (χ4v) is 3.41. The summed E-state index contributed by atoms with van der Waals surface area (Å²) in [4.78, 5) is 23.5. The van der Waals surface area contributed by atoms with Gasteiger partial charge in [0.15, 0.2) is 10.3 Å². The molecule has 2 aromatic heterocycles. The molecule has 0 aliphatic rings. The molecule has 0 radical (unpaired) electrons. The zero-order chi connectivity index (χ0) is 19.4. The van der Waals surface area contributed by atoms with Crippen molar-refractivity contribution in [3.8, 4) is 11.3 Å². The molecule has 0 aliphatic heterocycles. The van der Waals surface area contributed by atoms with Gasteiger partial charge in [0.25, 0.3) is 0 Å². The smallest absolute Gasteiger partial charge is 0.301 e. The normalized spacial score (nSPS) is 11.4. The number of thiazole rings is 1. The van der Waals surface area contributed by atoms with Crippen LogP contribution < -0.4 is 5.32 Å². The van der Waals surface area contributed by atoms with E-state index < -0.39 is 17.8 Å². The van der Waals surface area contributed by atoms with Gasteiger partial charge in [0.05, 0.1) is 11.4 Å². The van der Waals surface area contributed by atoms with Crippen LogP contribution in [-0.2, 0) is 11.0 Å². The summed E-state index contributed by atoms with van der Waals surface area (Å²) in [5.74, 6) is -0.522. The van der Waals surface area contributed by atoms with Crippen LogP contribution in [0.5, 0.6) is 0 Å². The summed E-state index contributed by atoms with van der Waals surface area (Å²) in [6.45, 7) is 1.99. The first-order valence-electron chi connectivity index (χ1n) is 7.67. The Morgan fingerprint density at radius 1 is 1.19 bits per heavy atom. The van der Waals surface area contributed by atoms with Gasteiger partial charge in [-0.2, -0.15) is 13.2 Å². The highest BCUT2D eigenvalue weighted by atomic mass is 32.2. The van der Waals surface area contributed by atoms with Crippen LogP contribution in [0.2, 0.25) is 0 Å². The number of nitrogens with one attached hydrogen (secondary N) is 1. The minimum Gasteiger partial charge on any atom is -0.301 e. The van der Waals surface area contributed by atoms with Crippen molar-refractivity contribution >= 4 is 34.1 Å². The maximum Gasteiger partial charge on any atom is 0.433 e. The minimum atomic E-state index is -4.55. The third kappa shape index (κ3) is 5.27. The van der Waals surface area contributed by atoms with E-state index >= 15 is 0 Å². The van der Waals surface area contributed by atoms with E-state index in [1.165, 1.54) is 11.3 Å². The number of aryl methyl sites for hydroxylation is 1. The second-order valence-electron chi connectivity index (χ2n) is 5.46. The van der Waals surface area contributed by atoms with Crippen LogP contribution in [0.3, 0.4) is 0 Å². The van der Waals surface area contributed by atoms with E-state index in [1.54, 1.807) is 0 Å². The van der Waals surface area contributed by atoms with Gasteiger partial charge in [0, 0.05) is 17.1 Å². The van der Waals surface area contributed by atoms with E-state index in [9.17, 15) is 18.0 Å². The Labute approximate surface area is 161 Å². The fourth-order valence-electron chi connectivity index (χ4n) is 2.04. The van der Waals surface area contributed by atoms with Gasteiger partial charge < -0.3 is 5.32 Å². The third-order valence-electron chi connectivity index (χ3n) is 3.35. The van der Waals surface area contributed by atoms with Gasteiger partial charge in [0.1, 0.15) is 5.69 Å². The second kappa shape index (κ2) is 8.05. The summed E-state index contributed by atoms with van der Waals surface area (Å²) in [5, 5.41) is 4.76. The Balaban J connectivity index is 1.58. The average molecular weight is 410 g/mol. The van der Waals surface area contributed by atoms with Gasteiger partial charge in [-0.1, -0.05) is 41.6 Å². The lowest BCUT2D eigenvalue weighted by atomic mass is 10.1. The molecule has 1 amide bonds. The van der Waals surface area contributed by atoms with Crippen molar-refractivity contribution in [2.75, 3.05) is 11.1 Å². The standard InChI is InChI=1S/C17H13F3N4OS2/c1-10-2-4-11(5-3-10)12-8-26-16(22-12)24-14(25)9-27-15-21-7-6-13(23-15)17(18,19)20/h2-8H,9H2,1H3,(H,22,24,25). The molecule has 0 saturated heterocycles. The number of hydrogen-bond donors (Lipinski definition) is 1. The van der Waals surface area contributed by atoms with Crippen LogP contribution in [0.4, 0.5) is 18.3 Å². The number of hydrogen-bond acceptors (Lipinski definition) is 6. The molecule has 2 heterocycles. The fraction of sp³-hybridized carbons (Fsp3) is 0.176. The van der Waals surface area contributed by atoms with Crippen molar-refractivity contribution in [3.05, 3.63) is 53.2 Å². The van der Waals surface area contributed by atoms with Gasteiger partial charge >= 0.3 is 6.18 Å². The highest BCUT2D eigenvalue weighted by Crippen LogP contribution is 2.28. The molecule has 0 spiro atoms. The maximum atomic E-state index is 12.6. The zero-order valence-electron chi connectivity index (χ0n) is 13.9. The van der Waals surface area contributed by atoms with Crippen molar-refractivity contribution in [1.82, 2.24) is 15.0 Å². The van der Waals surface area contributed by atoms with Gasteiger partial charge in [-0.25, -0.2) is 15.0 Å². The lowest BCUT2D eigenvalue weighted by molar-refractivity contribution is -0.141. The molecule has 1 aromatic carbocycles. The summed E-state index contributed by atoms with van der Waals surface area (Å²) in [5.41, 5.74) is 1.77. The molecule has 0 bridgehead atoms. The molecule has 1 N–H and O–H groups in total. The van der Waals surface area contributed by atoms with Gasteiger partial charge in [-0.05, 0) is 13.0 Å². The van der Waals surface area contributed by atoms with Crippen molar-refractivity contribution in [1.29, 1.82) is 0 Å². The first-order chi connectivity index (χ1) is 12.8. The predicted molar refractivity (Wildman–Crippen MR) is 98.7 cm³/mol. The summed E-state index contributed by atoms with van der Waals surface area (Å²) >= 11 is 2.10. The molecule has 3 aromatic rings. The van der Waals surface area contributed by atoms with E-state index in [0.717, 1.165) is 40.8 Å². The Hall–Kier alpha value is -2.46. The Morgan fingerprint density at radius 2 is 1.93 bits per heavy atom. The van der Waals surface area contributed by atoms with E-state index in [2.05, 4.69) is 20.3 Å². The molecular formula is C17H13F3N4OS2. The van der Waals surface area contributed by atoms with Crippen molar-refractivity contribution in [2.24, 2.45) is 0 Å². The summed E-state index contributed by atoms with van der Waals surface area (Å²) in [7, 11) is 0. The van der Waals surface area contributed by atoms with E-state index in [-0.39, 0.29) is 10.9 Å². The van der Waals surface area contributed by atoms with Crippen LogP contribution in [0, 0.1) is 6.92 Å². The number of rotatable bonds is 5. The summed E-state index contributed by atoms with van der Waals surface area (Å²) in [6, 6.07) is 8.61. The predicted octanol–water partition coefficient (Wildman–Crippen LogP) is 4.66. The Bertz CT molecular complexity index is 942. The van der Waals surface area contributed by atoms with Crippen LogP contribution in [0.25, 0.3) is 11.3 Å². The lowest BCUT2D eigenvalue weighted by Crippen LogP contribution is -2.14. The number of benzene rings is 1. The van der Waals surface area contributed by atoms with Crippen LogP contribution >= 0.6 is 23.1 Å². The van der Waals surface area contributed by atoms with Gasteiger partial charge in [-0.3, -0.25) is 4.79 Å². The quantitative estimate of drug-likeness (QED) is 0.490. The summed E-state index contributed by atoms with van der Waals surface area (Å²) < 4.78 is 37.9. The molecule has 5 nitrogen and oxygen atoms in total. The molecule has 3 rings (SSSR count). The number of nitrogens with zero attached hydrogens (tertiary/aromatic N) is 3. The molecule has 27 heavy (non-hydrogen) atoms. The number of carbonyl (C=O) groups excluding carboxylic acids is 1. The number of halogens is 3. The molecule has 0 atom stereocenters. The number of anilines is 1. The first kappa shape index (κ1) is 19.3. The zero-order valence-corrected chi connectivity index (χ0v) is 15.6. The second-order valence-corrected chi connectivity index (χ2v) is 7.26. The third-order valence-corrected chi connectivity index (χ3v) is 4.97. The highest BCUT2D eigenvalue weighted by Gasteiger charge is 2.32. The molecule has 0 saturated carbocycles. The number of amides is 1. The average Bonchev–Trinajstić information content (AvgIpc) is 3.08. The van der Waals surface area contributed by atoms with Crippen LogP contribution in [0.1, 0.15) is 11.3 Å². The molecular weight excluding hydrogens is 397 g/mol. The van der Waals surface area contributed by atoms with Crippen molar-refractivity contribution in [2.45, 2.75) is 18.3 Å². The van der Waals surface area contributed by atoms with Crippen molar-refractivity contribution in [3.63, 3.8) is 0 Å². The number of alkyl halides is 3. The highest BCUT2D eigenvalue weighted by molar-refractivity contribution is 7.99. The maximum absolute atomic E-state index is 12.6. The van der Waals surface area contributed by atoms with Gasteiger partial charge in [0.2, 0.25) is 5.91 Å². The number of thioether (sulfide) groups is 1. The lowest BCUT2D eigenvalue weighted by Gasteiger charge is -2.06. The first-order valence-corrected chi connectivity index (χ1v) is 9.53. The molecule has 10 heteroatoms. The van der Waals surface area contributed by atoms with E-state index in [4.69, 9.17) is 0 Å². The van der Waals surface area contributed by atoms with E-state index in [0.29, 0.717) is 5.13 Å². The Morgan fingerprint density at radius 3 is 2.63 bits per heavy atom. The van der Waals surface area contributed by atoms with Crippen LogP contribution in [0.15, 0.2) is 47.1 Å². The topological polar surface area (TPSA) is 67.8 Å². The SMILES string of the molecule is Cc1ccc(-c2csc(NC(=O)CSc3nccc(C(F)(F)F)n3)n2)cc1. The molecule has 0 unspecified atom stereocenters. The number of aromatic nitrogens is 3. The largest absolute Gasteiger partial charge is 0.433 e. The van der Waals surface area contributed by atoms with Gasteiger partial charge in [-0.15, -0.1) is 11.3 Å². The Kier molecular flexibility index (Phi) is 5.76. The number of carbonyl (C=O) groups is 1. The minimum absolute atomic E-state index is 0.112. The molecule has 0 aliphatic carbocycles. The van der Waals surface area contributed by atoms with E-state index in [1.807, 2.05) is 36.6 Å². The van der Waals surface area contributed by atoms with Crippen LogP contribution in [-0.4, -0.2) is 26.6 Å². The summed E-state index contributed by atoms with van der Waals surface area (Å²) in [6.07, 6.45) is -3.53. The molecule has 140 valence electrons.